The van der Waals surface area contributed by atoms with E-state index in [-0.39, 0.29) is 41.4 Å². The van der Waals surface area contributed by atoms with Gasteiger partial charge in [0.1, 0.15) is 5.76 Å². The molecule has 1 unspecified atom stereocenters. The predicted octanol–water partition coefficient (Wildman–Crippen LogP) is 4.20. The molecule has 1 aliphatic rings. The molecule has 1 aromatic carbocycles. The molecule has 1 aromatic heterocycles. The summed E-state index contributed by atoms with van der Waals surface area (Å²) in [6.45, 7) is 10.0. The molecule has 0 aliphatic heterocycles. The summed E-state index contributed by atoms with van der Waals surface area (Å²) in [7, 11) is 0. The summed E-state index contributed by atoms with van der Waals surface area (Å²) in [5, 5.41) is 5.78. The Balaban J connectivity index is 1.71. The largest absolute Gasteiger partial charge is 0.455 e. The van der Waals surface area contributed by atoms with Crippen LogP contribution in [0.3, 0.4) is 0 Å². The zero-order chi connectivity index (χ0) is 22.1. The molecule has 2 amide bonds. The number of fused-ring (bicyclic) bond motifs is 1. The number of carbonyl (C=O) groups excluding carboxylic acids is 3. The highest BCUT2D eigenvalue weighted by molar-refractivity contribution is 6.03. The van der Waals surface area contributed by atoms with Crippen LogP contribution in [0.1, 0.15) is 88.7 Å². The summed E-state index contributed by atoms with van der Waals surface area (Å²) in [5.41, 5.74) is 2.36. The van der Waals surface area contributed by atoms with Gasteiger partial charge in [0.25, 0.3) is 11.8 Å². The average molecular weight is 411 g/mol. The summed E-state index contributed by atoms with van der Waals surface area (Å²) in [6.07, 6.45) is 1.94. The van der Waals surface area contributed by atoms with Gasteiger partial charge in [-0.05, 0) is 43.4 Å². The van der Waals surface area contributed by atoms with E-state index in [1.165, 1.54) is 0 Å². The van der Waals surface area contributed by atoms with Crippen molar-refractivity contribution in [3.63, 3.8) is 0 Å². The maximum Gasteiger partial charge on any atom is 0.287 e. The van der Waals surface area contributed by atoms with Crippen LogP contribution in [-0.2, 0) is 13.0 Å². The molecular weight excluding hydrogens is 380 g/mol. The molecule has 0 radical (unpaired) electrons. The van der Waals surface area contributed by atoms with Crippen molar-refractivity contribution in [2.75, 3.05) is 0 Å². The Kier molecular flexibility index (Phi) is 6.15. The standard InChI is InChI=1S/C24H30N2O4/c1-6-14(2)26-22(28)17-9-7-8-16(10-17)13-25-23(29)21-15(3)20-18(27)11-24(4,5)12-19(20)30-21/h7-10,14H,6,11-13H2,1-5H3,(H,25,29)(H,26,28). The van der Waals surface area contributed by atoms with Gasteiger partial charge in [-0.15, -0.1) is 0 Å². The van der Waals surface area contributed by atoms with Gasteiger partial charge in [0, 0.05) is 36.6 Å². The van der Waals surface area contributed by atoms with Crippen molar-refractivity contribution in [1.29, 1.82) is 0 Å². The molecule has 1 aliphatic carbocycles. The van der Waals surface area contributed by atoms with E-state index in [0.717, 1.165) is 12.0 Å². The highest BCUT2D eigenvalue weighted by Gasteiger charge is 2.37. The first kappa shape index (κ1) is 21.8. The first-order chi connectivity index (χ1) is 14.1. The van der Waals surface area contributed by atoms with E-state index in [4.69, 9.17) is 4.42 Å². The molecule has 0 spiro atoms. The minimum atomic E-state index is -0.359. The van der Waals surface area contributed by atoms with Gasteiger partial charge in [0.2, 0.25) is 0 Å². The van der Waals surface area contributed by atoms with Crippen LogP contribution in [0.4, 0.5) is 0 Å². The Labute approximate surface area is 177 Å². The Morgan fingerprint density at radius 2 is 1.93 bits per heavy atom. The maximum absolute atomic E-state index is 12.7. The molecule has 6 nitrogen and oxygen atoms in total. The molecule has 1 heterocycles. The Morgan fingerprint density at radius 3 is 2.63 bits per heavy atom. The Hall–Kier alpha value is -2.89. The Bertz CT molecular complexity index is 987. The number of nitrogens with one attached hydrogen (secondary N) is 2. The normalized spacial score (nSPS) is 16.0. The van der Waals surface area contributed by atoms with Crippen LogP contribution in [-0.4, -0.2) is 23.6 Å². The monoisotopic (exact) mass is 410 g/mol. The molecular formula is C24H30N2O4. The van der Waals surface area contributed by atoms with Gasteiger partial charge in [-0.2, -0.15) is 0 Å². The highest BCUT2D eigenvalue weighted by atomic mass is 16.4. The van der Waals surface area contributed by atoms with E-state index in [2.05, 4.69) is 10.6 Å². The van der Waals surface area contributed by atoms with Crippen LogP contribution in [0.2, 0.25) is 0 Å². The van der Waals surface area contributed by atoms with Crippen molar-refractivity contribution in [2.24, 2.45) is 5.41 Å². The molecule has 2 aromatic rings. The van der Waals surface area contributed by atoms with E-state index in [9.17, 15) is 14.4 Å². The minimum absolute atomic E-state index is 0.0292. The topological polar surface area (TPSA) is 88.4 Å². The highest BCUT2D eigenvalue weighted by Crippen LogP contribution is 2.38. The van der Waals surface area contributed by atoms with E-state index in [1.807, 2.05) is 33.8 Å². The molecule has 6 heteroatoms. The van der Waals surface area contributed by atoms with Gasteiger partial charge in [-0.25, -0.2) is 0 Å². The second-order valence-electron chi connectivity index (χ2n) is 8.96. The lowest BCUT2D eigenvalue weighted by Crippen LogP contribution is -2.32. The molecule has 0 saturated carbocycles. The van der Waals surface area contributed by atoms with Gasteiger partial charge in [0.15, 0.2) is 11.5 Å². The third-order valence-corrected chi connectivity index (χ3v) is 5.62. The van der Waals surface area contributed by atoms with Gasteiger partial charge >= 0.3 is 0 Å². The third kappa shape index (κ3) is 4.64. The molecule has 160 valence electrons. The molecule has 30 heavy (non-hydrogen) atoms. The minimum Gasteiger partial charge on any atom is -0.455 e. The summed E-state index contributed by atoms with van der Waals surface area (Å²) in [5.74, 6) is 0.330. The van der Waals surface area contributed by atoms with Crippen molar-refractivity contribution in [3.05, 3.63) is 58.0 Å². The van der Waals surface area contributed by atoms with Gasteiger partial charge in [0.05, 0.1) is 5.56 Å². The van der Waals surface area contributed by atoms with Gasteiger partial charge in [-0.1, -0.05) is 32.9 Å². The summed E-state index contributed by atoms with van der Waals surface area (Å²) in [4.78, 5) is 37.6. The van der Waals surface area contributed by atoms with Crippen molar-refractivity contribution in [3.8, 4) is 0 Å². The van der Waals surface area contributed by atoms with Crippen molar-refractivity contribution >= 4 is 17.6 Å². The van der Waals surface area contributed by atoms with Crippen LogP contribution >= 0.6 is 0 Å². The zero-order valence-corrected chi connectivity index (χ0v) is 18.3. The molecule has 1 atom stereocenters. The van der Waals surface area contributed by atoms with Gasteiger partial charge in [-0.3, -0.25) is 14.4 Å². The molecule has 0 fully saturated rings. The number of furan rings is 1. The smallest absolute Gasteiger partial charge is 0.287 e. The van der Waals surface area contributed by atoms with Crippen molar-refractivity contribution in [1.82, 2.24) is 10.6 Å². The van der Waals surface area contributed by atoms with Crippen molar-refractivity contribution < 1.29 is 18.8 Å². The van der Waals surface area contributed by atoms with Crippen LogP contribution < -0.4 is 10.6 Å². The van der Waals surface area contributed by atoms with Crippen LogP contribution in [0.15, 0.2) is 28.7 Å². The first-order valence-corrected chi connectivity index (χ1v) is 10.4. The fourth-order valence-corrected chi connectivity index (χ4v) is 3.79. The van der Waals surface area contributed by atoms with Crippen LogP contribution in [0.25, 0.3) is 0 Å². The quantitative estimate of drug-likeness (QED) is 0.747. The Morgan fingerprint density at radius 1 is 1.20 bits per heavy atom. The fourth-order valence-electron chi connectivity index (χ4n) is 3.79. The summed E-state index contributed by atoms with van der Waals surface area (Å²) >= 11 is 0. The number of hydrogen-bond acceptors (Lipinski definition) is 4. The van der Waals surface area contributed by atoms with Gasteiger partial charge < -0.3 is 15.1 Å². The van der Waals surface area contributed by atoms with Crippen LogP contribution in [0.5, 0.6) is 0 Å². The van der Waals surface area contributed by atoms with E-state index >= 15 is 0 Å². The predicted molar refractivity (Wildman–Crippen MR) is 115 cm³/mol. The van der Waals surface area contributed by atoms with Crippen molar-refractivity contribution in [2.45, 2.75) is 66.5 Å². The molecule has 3 rings (SSSR count). The summed E-state index contributed by atoms with van der Waals surface area (Å²) < 4.78 is 5.81. The molecule has 2 N–H and O–H groups in total. The van der Waals surface area contributed by atoms with Crippen LogP contribution in [0, 0.1) is 12.3 Å². The average Bonchev–Trinajstić information content (AvgIpc) is 3.01. The summed E-state index contributed by atoms with van der Waals surface area (Å²) in [6, 6.07) is 7.27. The lowest BCUT2D eigenvalue weighted by Gasteiger charge is -2.27. The number of amides is 2. The lowest BCUT2D eigenvalue weighted by molar-refractivity contribution is 0.0888. The lowest BCUT2D eigenvalue weighted by atomic mass is 9.76. The van der Waals surface area contributed by atoms with E-state index < -0.39 is 0 Å². The number of carbonyl (C=O) groups is 3. The second-order valence-corrected chi connectivity index (χ2v) is 8.96. The number of Topliss-reactive ketones (excluding diaryl/α,β-unsaturated/α-hetero) is 1. The third-order valence-electron chi connectivity index (χ3n) is 5.62. The number of hydrogen-bond donors (Lipinski definition) is 2. The van der Waals surface area contributed by atoms with E-state index in [0.29, 0.717) is 35.3 Å². The molecule has 0 bridgehead atoms. The SMILES string of the molecule is CCC(C)NC(=O)c1cccc(CNC(=O)c2oc3c(c2C)C(=O)CC(C)(C)C3)c1. The maximum atomic E-state index is 12.7. The number of rotatable bonds is 6. The first-order valence-electron chi connectivity index (χ1n) is 10.4. The number of benzene rings is 1. The fraction of sp³-hybridized carbons (Fsp3) is 0.458. The number of ketones is 1. The zero-order valence-electron chi connectivity index (χ0n) is 18.3. The molecule has 0 saturated heterocycles. The van der Waals surface area contributed by atoms with E-state index in [1.54, 1.807) is 25.1 Å². The second kappa shape index (κ2) is 8.46.